The Morgan fingerprint density at radius 2 is 1.75 bits per heavy atom. The number of phenols is 1. The second-order valence-corrected chi connectivity index (χ2v) is 5.00. The van der Waals surface area contributed by atoms with Gasteiger partial charge in [-0.1, -0.05) is 6.07 Å². The van der Waals surface area contributed by atoms with Crippen LogP contribution in [-0.2, 0) is 9.53 Å². The number of para-hydroxylation sites is 1. The number of aldehydes is 1. The standard InChI is InChI=1S/C15H18O9/c1-7(18)8-3-2-4-9(12(8)20)15(23)24-11(6-17)14(22)13(21)10(19)5-16/h2-4,6,10-11,13-14,16,19-22H,5H2,1H3/t10-,11+,13-,14-/m1/s1. The van der Waals surface area contributed by atoms with E-state index in [2.05, 4.69) is 0 Å². The lowest BCUT2D eigenvalue weighted by atomic mass is 10.0. The molecule has 1 aromatic rings. The Morgan fingerprint density at radius 3 is 2.25 bits per heavy atom. The summed E-state index contributed by atoms with van der Waals surface area (Å²) in [4.78, 5) is 34.3. The van der Waals surface area contributed by atoms with Gasteiger partial charge in [-0.3, -0.25) is 9.59 Å². The van der Waals surface area contributed by atoms with E-state index in [0.29, 0.717) is 0 Å². The molecule has 0 heterocycles. The summed E-state index contributed by atoms with van der Waals surface area (Å²) in [6, 6.07) is 3.73. The highest BCUT2D eigenvalue weighted by Crippen LogP contribution is 2.24. The number of ether oxygens (including phenoxy) is 1. The fourth-order valence-electron chi connectivity index (χ4n) is 1.89. The van der Waals surface area contributed by atoms with E-state index in [4.69, 9.17) is 9.84 Å². The zero-order chi connectivity index (χ0) is 18.4. The Labute approximate surface area is 136 Å². The van der Waals surface area contributed by atoms with Gasteiger partial charge in [0.05, 0.1) is 12.2 Å². The molecular formula is C15H18O9. The van der Waals surface area contributed by atoms with Crippen LogP contribution in [-0.4, -0.2) is 74.6 Å². The van der Waals surface area contributed by atoms with Crippen molar-refractivity contribution in [3.05, 3.63) is 29.3 Å². The molecule has 4 atom stereocenters. The predicted octanol–water partition coefficient (Wildman–Crippen LogP) is -1.61. The smallest absolute Gasteiger partial charge is 0.342 e. The molecule has 0 saturated heterocycles. The summed E-state index contributed by atoms with van der Waals surface area (Å²) < 4.78 is 4.70. The normalized spacial score (nSPS) is 15.9. The second kappa shape index (κ2) is 8.50. The van der Waals surface area contributed by atoms with Gasteiger partial charge in [-0.05, 0) is 19.1 Å². The molecule has 5 N–H and O–H groups in total. The van der Waals surface area contributed by atoms with E-state index in [0.717, 1.165) is 6.07 Å². The lowest BCUT2D eigenvalue weighted by Gasteiger charge is -2.25. The molecule has 0 aliphatic rings. The zero-order valence-corrected chi connectivity index (χ0v) is 12.7. The van der Waals surface area contributed by atoms with Crippen molar-refractivity contribution >= 4 is 18.0 Å². The minimum atomic E-state index is -2.01. The molecule has 24 heavy (non-hydrogen) atoms. The van der Waals surface area contributed by atoms with Crippen LogP contribution in [0.2, 0.25) is 0 Å². The van der Waals surface area contributed by atoms with Crippen molar-refractivity contribution in [3.63, 3.8) is 0 Å². The van der Waals surface area contributed by atoms with Crippen molar-refractivity contribution in [1.82, 2.24) is 0 Å². The minimum Gasteiger partial charge on any atom is -0.506 e. The average molecular weight is 342 g/mol. The molecule has 9 nitrogen and oxygen atoms in total. The topological polar surface area (TPSA) is 162 Å². The van der Waals surface area contributed by atoms with Crippen LogP contribution < -0.4 is 0 Å². The highest BCUT2D eigenvalue weighted by Gasteiger charge is 2.34. The average Bonchev–Trinajstić information content (AvgIpc) is 2.57. The van der Waals surface area contributed by atoms with Gasteiger partial charge in [0.15, 0.2) is 18.2 Å². The zero-order valence-electron chi connectivity index (χ0n) is 12.7. The maximum absolute atomic E-state index is 12.0. The first-order valence-corrected chi connectivity index (χ1v) is 6.88. The Morgan fingerprint density at radius 1 is 1.17 bits per heavy atom. The van der Waals surface area contributed by atoms with E-state index in [-0.39, 0.29) is 11.8 Å². The number of esters is 1. The van der Waals surface area contributed by atoms with Gasteiger partial charge >= 0.3 is 5.97 Å². The highest BCUT2D eigenvalue weighted by molar-refractivity contribution is 6.02. The first-order valence-electron chi connectivity index (χ1n) is 6.88. The number of benzene rings is 1. The Balaban J connectivity index is 2.98. The van der Waals surface area contributed by atoms with Crippen molar-refractivity contribution in [2.24, 2.45) is 0 Å². The summed E-state index contributed by atoms with van der Waals surface area (Å²) in [7, 11) is 0. The molecule has 1 aromatic carbocycles. The van der Waals surface area contributed by atoms with Crippen LogP contribution >= 0.6 is 0 Å². The van der Waals surface area contributed by atoms with Gasteiger partial charge in [0.25, 0.3) is 0 Å². The van der Waals surface area contributed by atoms with Crippen molar-refractivity contribution in [3.8, 4) is 5.75 Å². The van der Waals surface area contributed by atoms with Gasteiger partial charge in [-0.2, -0.15) is 0 Å². The van der Waals surface area contributed by atoms with Gasteiger partial charge in [0.1, 0.15) is 29.6 Å². The van der Waals surface area contributed by atoms with E-state index < -0.39 is 54.1 Å². The third-order valence-electron chi connectivity index (χ3n) is 3.28. The number of hydrogen-bond acceptors (Lipinski definition) is 9. The summed E-state index contributed by atoms with van der Waals surface area (Å²) in [6.07, 6.45) is -7.56. The van der Waals surface area contributed by atoms with Crippen molar-refractivity contribution in [2.75, 3.05) is 6.61 Å². The molecule has 0 unspecified atom stereocenters. The van der Waals surface area contributed by atoms with Crippen LogP contribution in [0.5, 0.6) is 5.75 Å². The van der Waals surface area contributed by atoms with E-state index in [1.807, 2.05) is 0 Å². The number of carbonyl (C=O) groups excluding carboxylic acids is 3. The maximum Gasteiger partial charge on any atom is 0.342 e. The molecule has 0 aliphatic heterocycles. The number of aromatic hydroxyl groups is 1. The minimum absolute atomic E-state index is 0.0156. The second-order valence-electron chi connectivity index (χ2n) is 5.00. The van der Waals surface area contributed by atoms with E-state index >= 15 is 0 Å². The van der Waals surface area contributed by atoms with Crippen LogP contribution in [0.1, 0.15) is 27.6 Å². The lowest BCUT2D eigenvalue weighted by Crippen LogP contribution is -2.48. The molecular weight excluding hydrogens is 324 g/mol. The maximum atomic E-state index is 12.0. The number of aliphatic hydroxyl groups is 4. The molecule has 0 spiro atoms. The predicted molar refractivity (Wildman–Crippen MR) is 78.5 cm³/mol. The molecule has 0 aliphatic carbocycles. The molecule has 0 fully saturated rings. The van der Waals surface area contributed by atoms with Crippen LogP contribution in [0.25, 0.3) is 0 Å². The summed E-state index contributed by atoms with van der Waals surface area (Å²) in [5.41, 5.74) is -0.553. The Bertz CT molecular complexity index is 613. The fraction of sp³-hybridized carbons (Fsp3) is 0.400. The summed E-state index contributed by atoms with van der Waals surface area (Å²) in [6.45, 7) is 0.286. The number of phenolic OH excluding ortho intramolecular Hbond substituents is 1. The quantitative estimate of drug-likeness (QED) is 0.213. The molecule has 0 radical (unpaired) electrons. The van der Waals surface area contributed by atoms with Crippen LogP contribution in [0.3, 0.4) is 0 Å². The van der Waals surface area contributed by atoms with Crippen molar-refractivity contribution in [1.29, 1.82) is 0 Å². The molecule has 132 valence electrons. The summed E-state index contributed by atoms with van der Waals surface area (Å²) >= 11 is 0. The van der Waals surface area contributed by atoms with Gasteiger partial charge in [-0.15, -0.1) is 0 Å². The monoisotopic (exact) mass is 342 g/mol. The molecule has 9 heteroatoms. The highest BCUT2D eigenvalue weighted by atomic mass is 16.6. The third-order valence-corrected chi connectivity index (χ3v) is 3.28. The molecule has 0 aromatic heterocycles. The third kappa shape index (κ3) is 4.36. The fourth-order valence-corrected chi connectivity index (χ4v) is 1.89. The SMILES string of the molecule is CC(=O)c1cccc(C(=O)O[C@@H](C=O)[C@@H](O)[C@H](O)[C@H](O)CO)c1O. The van der Waals surface area contributed by atoms with E-state index in [9.17, 15) is 34.8 Å². The van der Waals surface area contributed by atoms with Crippen LogP contribution in [0, 0.1) is 0 Å². The molecule has 0 bridgehead atoms. The Hall–Kier alpha value is -2.33. The van der Waals surface area contributed by atoms with Crippen molar-refractivity contribution in [2.45, 2.75) is 31.3 Å². The van der Waals surface area contributed by atoms with Gasteiger partial charge < -0.3 is 30.3 Å². The number of Topliss-reactive ketones (excluding diaryl/α,β-unsaturated/α-hetero) is 1. The van der Waals surface area contributed by atoms with E-state index in [1.54, 1.807) is 0 Å². The van der Waals surface area contributed by atoms with Crippen LogP contribution in [0.4, 0.5) is 0 Å². The number of aliphatic hydroxyl groups excluding tert-OH is 4. The first kappa shape index (κ1) is 19.7. The van der Waals surface area contributed by atoms with Crippen LogP contribution in [0.15, 0.2) is 18.2 Å². The van der Waals surface area contributed by atoms with Gasteiger partial charge in [0.2, 0.25) is 0 Å². The number of carbonyl (C=O) groups is 3. The van der Waals surface area contributed by atoms with Crippen molar-refractivity contribution < 1.29 is 44.7 Å². The number of hydrogen-bond donors (Lipinski definition) is 5. The molecule has 0 saturated carbocycles. The van der Waals surface area contributed by atoms with Gasteiger partial charge in [-0.25, -0.2) is 4.79 Å². The lowest BCUT2D eigenvalue weighted by molar-refractivity contribution is -0.138. The first-order chi connectivity index (χ1) is 11.2. The summed E-state index contributed by atoms with van der Waals surface area (Å²) in [5, 5.41) is 47.1. The summed E-state index contributed by atoms with van der Waals surface area (Å²) in [5.74, 6) is -2.38. The molecule has 1 rings (SSSR count). The largest absolute Gasteiger partial charge is 0.506 e. The number of ketones is 1. The number of rotatable bonds is 8. The Kier molecular flexibility index (Phi) is 6.98. The van der Waals surface area contributed by atoms with E-state index in [1.165, 1.54) is 19.1 Å². The van der Waals surface area contributed by atoms with Gasteiger partial charge in [0, 0.05) is 0 Å². The molecule has 0 amide bonds.